The first-order valence-corrected chi connectivity index (χ1v) is 22.4. The van der Waals surface area contributed by atoms with E-state index in [-0.39, 0.29) is 59.8 Å². The normalized spacial score (nSPS) is 15.0. The van der Waals surface area contributed by atoms with Gasteiger partial charge in [-0.15, -0.1) is 29.3 Å². The Morgan fingerprint density at radius 1 is 0.545 bits per heavy atom. The van der Waals surface area contributed by atoms with Crippen molar-refractivity contribution in [1.29, 1.82) is 0 Å². The van der Waals surface area contributed by atoms with Gasteiger partial charge in [0, 0.05) is 50.9 Å². The molecule has 0 amide bonds. The molecule has 8 aromatic rings. The van der Waals surface area contributed by atoms with E-state index < -0.39 is 26.0 Å². The summed E-state index contributed by atoms with van der Waals surface area (Å²) in [4.78, 5) is 10.3. The Morgan fingerprint density at radius 2 is 1.17 bits per heavy atom. The van der Waals surface area contributed by atoms with Gasteiger partial charge in [0.05, 0.1) is 22.3 Å². The topological polar surface area (TPSA) is 50.9 Å². The smallest absolute Gasteiger partial charge is 0.148 e. The van der Waals surface area contributed by atoms with Crippen LogP contribution in [0.3, 0.4) is 0 Å². The summed E-state index contributed by atoms with van der Waals surface area (Å²) in [6.07, 6.45) is 1.62. The van der Waals surface area contributed by atoms with Crippen molar-refractivity contribution in [3.63, 3.8) is 0 Å². The number of aromatic hydroxyl groups is 1. The zero-order chi connectivity index (χ0) is 54.5. The third kappa shape index (κ3) is 9.63. The number of pyridine rings is 1. The van der Waals surface area contributed by atoms with Gasteiger partial charge in [0.25, 0.3) is 0 Å². The maximum atomic E-state index is 12.5. The SMILES string of the molecule is [2H]C([2H])([2H])c1cc(-c2ccnc(-c3[c-]c(-c4cccc5c4nc(-c4cc(C(C)(C)C)cc(C(C)(C)C)c4O)n5-c4ccc(-c5ccc(C(C)(C)C)cc5)cc4C([2H])([2H])[2H])cc(C(C)(C)C)c3)c2)cc(C([2H])([2H])[2H])c1.[Pt]. The minimum Gasteiger partial charge on any atom is -0.507 e. The third-order valence-electron chi connectivity index (χ3n) is 12.4. The van der Waals surface area contributed by atoms with Gasteiger partial charge in [0.1, 0.15) is 11.6 Å². The number of aryl methyl sites for hydroxylation is 3. The van der Waals surface area contributed by atoms with Crippen molar-refractivity contribution in [2.75, 3.05) is 0 Å². The van der Waals surface area contributed by atoms with Crippen molar-refractivity contribution < 1.29 is 38.5 Å². The molecule has 0 fully saturated rings. The van der Waals surface area contributed by atoms with Gasteiger partial charge in [-0.1, -0.05) is 178 Å². The maximum Gasteiger partial charge on any atom is 0.148 e. The van der Waals surface area contributed by atoms with Crippen LogP contribution in [0.4, 0.5) is 0 Å². The predicted molar refractivity (Wildman–Crippen MR) is 276 cm³/mol. The summed E-state index contributed by atoms with van der Waals surface area (Å²) < 4.78 is 77.8. The standard InChI is InChI=1S/C61H66N3O.Pt/c1-37-27-38(2)29-43(28-37)42-25-26-62-52(34-42)45-31-44(32-47(33-45)59(7,8)9)49-17-16-18-54-55(49)63-57(50-35-48(60(10,11)12)36-51(56(50)65)61(13,14)15)64(54)53-24-21-41(30-39(53)3)40-19-22-46(23-20-40)58(4,5)6;/h16-30,32-36,65H,1-15H3;/q-1;/i1D3,2D3,3D3;. The van der Waals surface area contributed by atoms with Crippen molar-refractivity contribution in [3.8, 4) is 67.5 Å². The van der Waals surface area contributed by atoms with Crippen LogP contribution in [0.5, 0.6) is 5.75 Å². The second-order valence-electron chi connectivity index (χ2n) is 21.6. The van der Waals surface area contributed by atoms with E-state index in [0.717, 1.165) is 33.4 Å². The van der Waals surface area contributed by atoms with Crippen LogP contribution >= 0.6 is 0 Å². The Bertz CT molecular complexity index is 3420. The average molecular weight is 1060 g/mol. The molecule has 0 atom stereocenters. The summed E-state index contributed by atoms with van der Waals surface area (Å²) >= 11 is 0. The number of para-hydroxylation sites is 1. The molecule has 0 saturated carbocycles. The van der Waals surface area contributed by atoms with E-state index in [1.165, 1.54) is 18.2 Å². The predicted octanol–water partition coefficient (Wildman–Crippen LogP) is 16.4. The molecule has 0 bridgehead atoms. The minimum atomic E-state index is -2.57. The molecule has 0 aliphatic rings. The molecule has 0 saturated heterocycles. The van der Waals surface area contributed by atoms with Gasteiger partial charge >= 0.3 is 0 Å². The molecule has 4 nitrogen and oxygen atoms in total. The van der Waals surface area contributed by atoms with Crippen molar-refractivity contribution in [1.82, 2.24) is 14.5 Å². The summed E-state index contributed by atoms with van der Waals surface area (Å²) in [6.45, 7) is 17.7. The zero-order valence-electron chi connectivity index (χ0n) is 49.2. The molecular weight excluding hydrogens is 986 g/mol. The van der Waals surface area contributed by atoms with Crippen molar-refractivity contribution in [2.45, 2.75) is 125 Å². The fraction of sp³-hybridized carbons (Fsp3) is 0.311. The number of phenolic OH excluding ortho intramolecular Hbond substituents is 1. The quantitative estimate of drug-likeness (QED) is 0.169. The molecule has 5 heteroatoms. The van der Waals surface area contributed by atoms with Crippen LogP contribution < -0.4 is 0 Å². The molecule has 6 aromatic carbocycles. The van der Waals surface area contributed by atoms with Crippen LogP contribution in [0.15, 0.2) is 121 Å². The number of hydrogen-bond acceptors (Lipinski definition) is 3. The van der Waals surface area contributed by atoms with Crippen molar-refractivity contribution >= 4 is 11.0 Å². The first-order valence-electron chi connectivity index (χ1n) is 26.9. The number of benzene rings is 6. The number of aromatic nitrogens is 3. The van der Waals surface area contributed by atoms with Crippen LogP contribution in [-0.2, 0) is 42.7 Å². The molecule has 0 aliphatic heterocycles. The number of nitrogens with zero attached hydrogens (tertiary/aromatic N) is 3. The number of imidazole rings is 1. The molecule has 2 aromatic heterocycles. The first-order chi connectivity index (χ1) is 34.0. The van der Waals surface area contributed by atoms with E-state index in [4.69, 9.17) is 22.3 Å². The first kappa shape index (κ1) is 37.5. The van der Waals surface area contributed by atoms with Crippen molar-refractivity contribution in [3.05, 3.63) is 166 Å². The Morgan fingerprint density at radius 3 is 1.79 bits per heavy atom. The van der Waals surface area contributed by atoms with E-state index in [2.05, 4.69) is 113 Å². The molecule has 0 spiro atoms. The number of hydrogen-bond donors (Lipinski definition) is 1. The molecule has 8 rings (SSSR count). The molecule has 1 N–H and O–H groups in total. The molecule has 0 radical (unpaired) electrons. The Labute approximate surface area is 421 Å². The fourth-order valence-corrected chi connectivity index (χ4v) is 8.46. The molecule has 0 aliphatic carbocycles. The second kappa shape index (κ2) is 17.6. The van der Waals surface area contributed by atoms with Gasteiger partial charge in [0.15, 0.2) is 0 Å². The largest absolute Gasteiger partial charge is 0.507 e. The van der Waals surface area contributed by atoms with Gasteiger partial charge in [-0.05, 0) is 111 Å². The Hall–Kier alpha value is -5.57. The van der Waals surface area contributed by atoms with E-state index >= 15 is 0 Å². The summed E-state index contributed by atoms with van der Waals surface area (Å²) in [5.74, 6) is 0.422. The summed E-state index contributed by atoms with van der Waals surface area (Å²) in [7, 11) is 0. The second-order valence-corrected chi connectivity index (χ2v) is 21.6. The Balaban J connectivity index is 0.00000820. The summed E-state index contributed by atoms with van der Waals surface area (Å²) in [6, 6.07) is 39.1. The monoisotopic (exact) mass is 1060 g/mol. The fourth-order valence-electron chi connectivity index (χ4n) is 8.46. The molecule has 66 heavy (non-hydrogen) atoms. The maximum absolute atomic E-state index is 12.5. The van der Waals surface area contributed by atoms with Crippen molar-refractivity contribution in [2.24, 2.45) is 0 Å². The number of fused-ring (bicyclic) bond motifs is 1. The van der Waals surface area contributed by atoms with E-state index in [9.17, 15) is 5.11 Å². The van der Waals surface area contributed by atoms with Gasteiger partial charge in [-0.3, -0.25) is 9.55 Å². The number of phenols is 1. The van der Waals surface area contributed by atoms with E-state index in [1.54, 1.807) is 18.3 Å². The molecule has 2 heterocycles. The van der Waals surface area contributed by atoms with E-state index in [0.29, 0.717) is 61.6 Å². The third-order valence-corrected chi connectivity index (χ3v) is 12.4. The van der Waals surface area contributed by atoms with Crippen LogP contribution in [0.25, 0.3) is 72.7 Å². The molecule has 342 valence electrons. The number of rotatable bonds is 6. The van der Waals surface area contributed by atoms with Crippen LogP contribution in [0, 0.1) is 26.6 Å². The zero-order valence-corrected chi connectivity index (χ0v) is 42.4. The average Bonchev–Trinajstić information content (AvgIpc) is 3.68. The van der Waals surface area contributed by atoms with Gasteiger partial charge in [0.2, 0.25) is 0 Å². The molecular formula is C61H66N3OPt-. The van der Waals surface area contributed by atoms with Crippen LogP contribution in [0.2, 0.25) is 0 Å². The minimum absolute atomic E-state index is 0. The van der Waals surface area contributed by atoms with E-state index in [1.807, 2.05) is 65.2 Å². The van der Waals surface area contributed by atoms with Gasteiger partial charge in [-0.25, -0.2) is 4.98 Å². The van der Waals surface area contributed by atoms with Crippen LogP contribution in [-0.4, -0.2) is 19.6 Å². The Kier molecular flexibility index (Phi) is 9.99. The van der Waals surface area contributed by atoms with Crippen LogP contribution in [0.1, 0.15) is 134 Å². The summed E-state index contributed by atoms with van der Waals surface area (Å²) in [5, 5.41) is 12.5. The molecule has 0 unspecified atom stereocenters. The van der Waals surface area contributed by atoms with Gasteiger partial charge < -0.3 is 5.11 Å². The van der Waals surface area contributed by atoms with Gasteiger partial charge in [-0.2, -0.15) is 0 Å². The summed E-state index contributed by atoms with van der Waals surface area (Å²) in [5.41, 5.74) is 9.76.